The van der Waals surface area contributed by atoms with Crippen molar-refractivity contribution in [3.05, 3.63) is 0 Å². The lowest BCUT2D eigenvalue weighted by molar-refractivity contribution is -0.00684. The molecule has 7 nitrogen and oxygen atoms in total. The first-order chi connectivity index (χ1) is 12.9. The van der Waals surface area contributed by atoms with Gasteiger partial charge in [-0.1, -0.05) is 6.92 Å². The van der Waals surface area contributed by atoms with E-state index in [1.54, 1.807) is 0 Å². The van der Waals surface area contributed by atoms with Gasteiger partial charge in [-0.05, 0) is 33.7 Å². The number of aliphatic imine (C=N–C) groups is 1. The molecule has 166 valence electrons. The maximum atomic E-state index is 5.48. The Morgan fingerprint density at radius 3 is 2.32 bits per heavy atom. The minimum absolute atomic E-state index is 0. The van der Waals surface area contributed by atoms with Crippen LogP contribution in [-0.4, -0.2) is 112 Å². The summed E-state index contributed by atoms with van der Waals surface area (Å²) in [6.45, 7) is 21.2. The number of nitrogens with zero attached hydrogens (tertiary/aromatic N) is 4. The molecule has 2 aliphatic rings. The van der Waals surface area contributed by atoms with Crippen molar-refractivity contribution in [2.75, 3.05) is 85.7 Å². The largest absolute Gasteiger partial charge is 0.379 e. The van der Waals surface area contributed by atoms with E-state index in [0.29, 0.717) is 5.92 Å². The van der Waals surface area contributed by atoms with Crippen molar-refractivity contribution in [2.24, 2.45) is 10.9 Å². The van der Waals surface area contributed by atoms with Crippen molar-refractivity contribution >= 4 is 29.9 Å². The highest BCUT2D eigenvalue weighted by Crippen LogP contribution is 2.16. The molecule has 2 saturated heterocycles. The van der Waals surface area contributed by atoms with Gasteiger partial charge in [0, 0.05) is 64.4 Å². The first-order valence-corrected chi connectivity index (χ1v) is 10.7. The van der Waals surface area contributed by atoms with Gasteiger partial charge < -0.3 is 25.2 Å². The van der Waals surface area contributed by atoms with Crippen molar-refractivity contribution in [3.63, 3.8) is 0 Å². The van der Waals surface area contributed by atoms with Gasteiger partial charge in [0.2, 0.25) is 0 Å². The summed E-state index contributed by atoms with van der Waals surface area (Å²) < 4.78 is 5.48. The Labute approximate surface area is 189 Å². The SMILES string of the molecule is CCNC(=NCC(C)(C)N1CCOCC1)NCC(C)CN1CCN(C)CC1.I. The van der Waals surface area contributed by atoms with Gasteiger partial charge in [-0.3, -0.25) is 9.89 Å². The van der Waals surface area contributed by atoms with E-state index in [9.17, 15) is 0 Å². The van der Waals surface area contributed by atoms with Crippen molar-refractivity contribution in [1.82, 2.24) is 25.3 Å². The van der Waals surface area contributed by atoms with Gasteiger partial charge in [0.1, 0.15) is 0 Å². The first-order valence-electron chi connectivity index (χ1n) is 10.7. The third kappa shape index (κ3) is 9.11. The van der Waals surface area contributed by atoms with Gasteiger partial charge in [0.15, 0.2) is 5.96 Å². The first kappa shape index (κ1) is 25.9. The van der Waals surface area contributed by atoms with Crippen molar-refractivity contribution in [3.8, 4) is 0 Å². The molecule has 0 bridgehead atoms. The molecule has 0 aliphatic carbocycles. The van der Waals surface area contributed by atoms with Gasteiger partial charge in [-0.2, -0.15) is 0 Å². The van der Waals surface area contributed by atoms with Crippen LogP contribution in [-0.2, 0) is 4.74 Å². The van der Waals surface area contributed by atoms with E-state index in [-0.39, 0.29) is 29.5 Å². The van der Waals surface area contributed by atoms with Gasteiger partial charge in [-0.25, -0.2) is 0 Å². The van der Waals surface area contributed by atoms with Crippen LogP contribution in [0.15, 0.2) is 4.99 Å². The molecule has 2 fully saturated rings. The van der Waals surface area contributed by atoms with Crippen LogP contribution in [0.25, 0.3) is 0 Å². The fraction of sp³-hybridized carbons (Fsp3) is 0.950. The highest BCUT2D eigenvalue weighted by atomic mass is 127. The van der Waals surface area contributed by atoms with Crippen LogP contribution >= 0.6 is 24.0 Å². The molecule has 0 amide bonds. The number of rotatable bonds is 8. The molecule has 2 N–H and O–H groups in total. The fourth-order valence-corrected chi connectivity index (χ4v) is 3.69. The predicted molar refractivity (Wildman–Crippen MR) is 129 cm³/mol. The normalized spacial score (nSPS) is 21.8. The summed E-state index contributed by atoms with van der Waals surface area (Å²) in [5.74, 6) is 1.54. The topological polar surface area (TPSA) is 55.4 Å². The van der Waals surface area contributed by atoms with Crippen LogP contribution in [0.2, 0.25) is 0 Å². The Hall–Kier alpha value is -0.160. The smallest absolute Gasteiger partial charge is 0.191 e. The molecule has 8 heteroatoms. The molecule has 0 spiro atoms. The van der Waals surface area contributed by atoms with E-state index in [2.05, 4.69) is 60.1 Å². The summed E-state index contributed by atoms with van der Waals surface area (Å²) >= 11 is 0. The van der Waals surface area contributed by atoms with Crippen molar-refractivity contribution < 1.29 is 4.74 Å². The van der Waals surface area contributed by atoms with E-state index in [0.717, 1.165) is 58.4 Å². The molecule has 2 aliphatic heterocycles. The molecule has 2 heterocycles. The molecule has 28 heavy (non-hydrogen) atoms. The Morgan fingerprint density at radius 2 is 1.71 bits per heavy atom. The molecule has 2 rings (SSSR count). The van der Waals surface area contributed by atoms with Gasteiger partial charge in [0.05, 0.1) is 19.8 Å². The van der Waals surface area contributed by atoms with E-state index < -0.39 is 0 Å². The molecule has 0 aromatic carbocycles. The van der Waals surface area contributed by atoms with Gasteiger partial charge in [-0.15, -0.1) is 24.0 Å². The number of hydrogen-bond donors (Lipinski definition) is 2. The minimum atomic E-state index is 0. The lowest BCUT2D eigenvalue weighted by Gasteiger charge is -2.40. The van der Waals surface area contributed by atoms with Crippen LogP contribution in [0.4, 0.5) is 0 Å². The molecule has 0 aromatic heterocycles. The van der Waals surface area contributed by atoms with Crippen molar-refractivity contribution in [2.45, 2.75) is 33.2 Å². The van der Waals surface area contributed by atoms with E-state index in [1.807, 2.05) is 0 Å². The Kier molecular flexibility index (Phi) is 12.2. The third-order valence-corrected chi connectivity index (χ3v) is 5.62. The molecule has 0 aromatic rings. The molecule has 0 radical (unpaired) electrons. The lowest BCUT2D eigenvalue weighted by atomic mass is 10.0. The summed E-state index contributed by atoms with van der Waals surface area (Å²) in [5.41, 5.74) is 0.0531. The highest BCUT2D eigenvalue weighted by Gasteiger charge is 2.28. The number of nitrogens with one attached hydrogen (secondary N) is 2. The van der Waals surface area contributed by atoms with Gasteiger partial charge in [0.25, 0.3) is 0 Å². The van der Waals surface area contributed by atoms with Gasteiger partial charge >= 0.3 is 0 Å². The van der Waals surface area contributed by atoms with Crippen LogP contribution in [0.5, 0.6) is 0 Å². The fourth-order valence-electron chi connectivity index (χ4n) is 3.69. The highest BCUT2D eigenvalue weighted by molar-refractivity contribution is 14.0. The van der Waals surface area contributed by atoms with Crippen molar-refractivity contribution in [1.29, 1.82) is 0 Å². The maximum Gasteiger partial charge on any atom is 0.191 e. The quantitative estimate of drug-likeness (QED) is 0.291. The number of hydrogen-bond acceptors (Lipinski definition) is 5. The number of likely N-dealkylation sites (N-methyl/N-ethyl adjacent to an activating group) is 1. The number of halogens is 1. The zero-order chi connectivity index (χ0) is 19.7. The summed E-state index contributed by atoms with van der Waals surface area (Å²) in [7, 11) is 2.21. The Balaban J connectivity index is 0.00000392. The number of guanidine groups is 1. The number of morpholine rings is 1. The summed E-state index contributed by atoms with van der Waals surface area (Å²) in [6.07, 6.45) is 0. The zero-order valence-electron chi connectivity index (χ0n) is 18.7. The van der Waals surface area contributed by atoms with Crippen LogP contribution in [0.3, 0.4) is 0 Å². The molecule has 1 unspecified atom stereocenters. The molecular weight excluding hydrogens is 467 g/mol. The molecule has 0 saturated carbocycles. The second-order valence-electron chi connectivity index (χ2n) is 8.70. The Morgan fingerprint density at radius 1 is 1.07 bits per heavy atom. The molecule has 1 atom stereocenters. The van der Waals surface area contributed by atoms with Crippen LogP contribution in [0, 0.1) is 5.92 Å². The lowest BCUT2D eigenvalue weighted by Crippen LogP contribution is -2.52. The van der Waals surface area contributed by atoms with E-state index >= 15 is 0 Å². The van der Waals surface area contributed by atoms with E-state index in [4.69, 9.17) is 9.73 Å². The minimum Gasteiger partial charge on any atom is -0.379 e. The number of piperazine rings is 1. The van der Waals surface area contributed by atoms with Crippen LogP contribution < -0.4 is 10.6 Å². The number of ether oxygens (including phenoxy) is 1. The summed E-state index contributed by atoms with van der Waals surface area (Å²) in [6, 6.07) is 0. The predicted octanol–water partition coefficient (Wildman–Crippen LogP) is 1.15. The summed E-state index contributed by atoms with van der Waals surface area (Å²) in [5, 5.41) is 6.95. The van der Waals surface area contributed by atoms with E-state index in [1.165, 1.54) is 26.2 Å². The second kappa shape index (κ2) is 13.2. The average molecular weight is 511 g/mol. The average Bonchev–Trinajstić information content (AvgIpc) is 2.66. The van der Waals surface area contributed by atoms with Crippen LogP contribution in [0.1, 0.15) is 27.7 Å². The standard InChI is InChI=1S/C20H42N6O.HI/c1-6-21-19(23-17-20(3,4)26-11-13-27-14-12-26)22-15-18(2)16-25-9-7-24(5)8-10-25;/h18H,6-17H2,1-5H3,(H2,21,22,23);1H. The second-order valence-corrected chi connectivity index (χ2v) is 8.70. The molecular formula is C20H43IN6O. The Bertz CT molecular complexity index is 448. The monoisotopic (exact) mass is 510 g/mol. The zero-order valence-corrected chi connectivity index (χ0v) is 21.0. The summed E-state index contributed by atoms with van der Waals surface area (Å²) in [4.78, 5) is 12.4. The maximum absolute atomic E-state index is 5.48. The third-order valence-electron chi connectivity index (χ3n) is 5.62.